The zero-order valence-electron chi connectivity index (χ0n) is 12.1. The van der Waals surface area contributed by atoms with Crippen molar-refractivity contribution >= 4 is 39.1 Å². The summed E-state index contributed by atoms with van der Waals surface area (Å²) in [4.78, 5) is 0. The molecule has 0 unspecified atom stereocenters. The smallest absolute Gasteiger partial charge is 0.0840 e. The summed E-state index contributed by atoms with van der Waals surface area (Å²) in [7, 11) is 0. The normalized spacial score (nSPS) is 11.0. The van der Waals surface area contributed by atoms with Crippen LogP contribution in [0.5, 0.6) is 0 Å². The lowest BCUT2D eigenvalue weighted by Crippen LogP contribution is -2.00. The van der Waals surface area contributed by atoms with Gasteiger partial charge in [0.2, 0.25) is 0 Å². The first-order chi connectivity index (χ1) is 10.5. The molecule has 0 atom stereocenters. The molecule has 2 aromatic carbocycles. The fourth-order valence-electron chi connectivity index (χ4n) is 2.38. The zero-order valence-corrected chi connectivity index (χ0v) is 15.2. The minimum atomic E-state index is 0.577. The van der Waals surface area contributed by atoms with E-state index in [9.17, 15) is 0 Å². The van der Waals surface area contributed by atoms with Crippen LogP contribution in [0.15, 0.2) is 46.9 Å². The third kappa shape index (κ3) is 2.81. The summed E-state index contributed by atoms with van der Waals surface area (Å²) >= 11 is 15.8. The number of aryl methyl sites for hydroxylation is 1. The van der Waals surface area contributed by atoms with Crippen LogP contribution in [0, 0.1) is 13.8 Å². The van der Waals surface area contributed by atoms with Crippen LogP contribution in [0.4, 0.5) is 0 Å². The maximum Gasteiger partial charge on any atom is 0.0840 e. The van der Waals surface area contributed by atoms with Gasteiger partial charge in [0.05, 0.1) is 22.1 Å². The molecule has 0 spiro atoms. The second-order valence-electron chi connectivity index (χ2n) is 5.07. The molecule has 1 aromatic heterocycles. The van der Waals surface area contributed by atoms with Crippen molar-refractivity contribution in [3.05, 3.63) is 68.2 Å². The number of aromatic nitrogens is 2. The lowest BCUT2D eigenvalue weighted by molar-refractivity contribution is 0.869. The van der Waals surface area contributed by atoms with E-state index in [-0.39, 0.29) is 0 Å². The van der Waals surface area contributed by atoms with Crippen LogP contribution in [0.25, 0.3) is 16.9 Å². The molecule has 0 amide bonds. The van der Waals surface area contributed by atoms with E-state index in [1.165, 1.54) is 0 Å². The molecular weight excluding hydrogens is 383 g/mol. The van der Waals surface area contributed by atoms with E-state index in [0.717, 1.165) is 32.7 Å². The SMILES string of the molecule is Cc1nn(-c2ccc(Cl)cc2Cl)c(-c2ccc(Br)cc2)c1C. The van der Waals surface area contributed by atoms with Crippen LogP contribution in [0.1, 0.15) is 11.3 Å². The third-order valence-corrected chi connectivity index (χ3v) is 4.68. The van der Waals surface area contributed by atoms with Crippen LogP contribution >= 0.6 is 39.1 Å². The van der Waals surface area contributed by atoms with Gasteiger partial charge in [-0.05, 0) is 49.7 Å². The molecule has 5 heteroatoms. The maximum atomic E-state index is 6.36. The van der Waals surface area contributed by atoms with E-state index < -0.39 is 0 Å². The molecule has 112 valence electrons. The molecule has 0 radical (unpaired) electrons. The molecule has 0 saturated heterocycles. The van der Waals surface area contributed by atoms with Crippen LogP contribution < -0.4 is 0 Å². The van der Waals surface area contributed by atoms with Gasteiger partial charge in [0.1, 0.15) is 0 Å². The number of hydrogen-bond acceptors (Lipinski definition) is 1. The summed E-state index contributed by atoms with van der Waals surface area (Å²) in [6.45, 7) is 4.07. The molecule has 0 aliphatic carbocycles. The van der Waals surface area contributed by atoms with Gasteiger partial charge >= 0.3 is 0 Å². The maximum absolute atomic E-state index is 6.36. The van der Waals surface area contributed by atoms with Gasteiger partial charge in [-0.1, -0.05) is 51.3 Å². The Morgan fingerprint density at radius 2 is 1.68 bits per heavy atom. The molecule has 2 nitrogen and oxygen atoms in total. The Kier molecular flexibility index (Phi) is 4.31. The average Bonchev–Trinajstić information content (AvgIpc) is 2.76. The van der Waals surface area contributed by atoms with Crippen molar-refractivity contribution in [2.45, 2.75) is 13.8 Å². The van der Waals surface area contributed by atoms with E-state index in [2.05, 4.69) is 40.1 Å². The molecule has 0 aliphatic heterocycles. The fraction of sp³-hybridized carbons (Fsp3) is 0.118. The molecule has 0 bridgehead atoms. The number of rotatable bonds is 2. The van der Waals surface area contributed by atoms with Gasteiger partial charge in [0.15, 0.2) is 0 Å². The van der Waals surface area contributed by atoms with Crippen LogP contribution in [-0.4, -0.2) is 9.78 Å². The van der Waals surface area contributed by atoms with Gasteiger partial charge in [-0.3, -0.25) is 0 Å². The standard InChI is InChI=1S/C17H13BrCl2N2/c1-10-11(2)21-22(16-8-7-14(19)9-15(16)20)17(10)12-3-5-13(18)6-4-12/h3-9H,1-2H3. The van der Waals surface area contributed by atoms with Crippen molar-refractivity contribution in [3.63, 3.8) is 0 Å². The van der Waals surface area contributed by atoms with Crippen molar-refractivity contribution in [2.24, 2.45) is 0 Å². The second-order valence-corrected chi connectivity index (χ2v) is 6.83. The molecule has 3 rings (SSSR count). The monoisotopic (exact) mass is 394 g/mol. The fourth-order valence-corrected chi connectivity index (χ4v) is 3.13. The second kappa shape index (κ2) is 6.07. The van der Waals surface area contributed by atoms with Crippen LogP contribution in [0.3, 0.4) is 0 Å². The first kappa shape index (κ1) is 15.6. The van der Waals surface area contributed by atoms with Gasteiger partial charge in [-0.15, -0.1) is 0 Å². The Morgan fingerprint density at radius 3 is 2.32 bits per heavy atom. The van der Waals surface area contributed by atoms with Gasteiger partial charge in [-0.25, -0.2) is 4.68 Å². The van der Waals surface area contributed by atoms with E-state index >= 15 is 0 Å². The zero-order chi connectivity index (χ0) is 15.9. The Labute approximate surface area is 147 Å². The summed E-state index contributed by atoms with van der Waals surface area (Å²) in [6.07, 6.45) is 0. The lowest BCUT2D eigenvalue weighted by atomic mass is 10.1. The van der Waals surface area contributed by atoms with Gasteiger partial charge in [0, 0.05) is 15.1 Å². The lowest BCUT2D eigenvalue weighted by Gasteiger charge is -2.11. The molecule has 0 N–H and O–H groups in total. The summed E-state index contributed by atoms with van der Waals surface area (Å²) in [6, 6.07) is 13.6. The van der Waals surface area contributed by atoms with Crippen molar-refractivity contribution in [3.8, 4) is 16.9 Å². The largest absolute Gasteiger partial charge is 0.231 e. The summed E-state index contributed by atoms with van der Waals surface area (Å²) in [5.74, 6) is 0. The summed E-state index contributed by atoms with van der Waals surface area (Å²) in [5.41, 5.74) is 5.05. The van der Waals surface area contributed by atoms with Gasteiger partial charge < -0.3 is 0 Å². The molecule has 0 fully saturated rings. The number of benzene rings is 2. The summed E-state index contributed by atoms with van der Waals surface area (Å²) < 4.78 is 2.92. The van der Waals surface area contributed by atoms with Crippen molar-refractivity contribution in [2.75, 3.05) is 0 Å². The Bertz CT molecular complexity index is 839. The van der Waals surface area contributed by atoms with Crippen LogP contribution in [-0.2, 0) is 0 Å². The minimum Gasteiger partial charge on any atom is -0.231 e. The van der Waals surface area contributed by atoms with Crippen molar-refractivity contribution in [1.82, 2.24) is 9.78 Å². The molecule has 0 saturated carbocycles. The molecule has 1 heterocycles. The molecule has 22 heavy (non-hydrogen) atoms. The number of halogens is 3. The Hall–Kier alpha value is -1.29. The minimum absolute atomic E-state index is 0.577. The molecular formula is C17H13BrCl2N2. The van der Waals surface area contributed by atoms with Crippen molar-refractivity contribution in [1.29, 1.82) is 0 Å². The Balaban J connectivity index is 2.25. The van der Waals surface area contributed by atoms with Crippen molar-refractivity contribution < 1.29 is 0 Å². The highest BCUT2D eigenvalue weighted by Crippen LogP contribution is 2.32. The third-order valence-electron chi connectivity index (χ3n) is 3.62. The first-order valence-corrected chi connectivity index (χ1v) is 8.30. The average molecular weight is 396 g/mol. The highest BCUT2D eigenvalue weighted by Gasteiger charge is 2.16. The summed E-state index contributed by atoms with van der Waals surface area (Å²) in [5, 5.41) is 5.84. The predicted molar refractivity (Wildman–Crippen MR) is 96.2 cm³/mol. The quantitative estimate of drug-likeness (QED) is 0.503. The molecule has 3 aromatic rings. The number of nitrogens with zero attached hydrogens (tertiary/aromatic N) is 2. The predicted octanol–water partition coefficient (Wildman–Crippen LogP) is 6.23. The van der Waals surface area contributed by atoms with E-state index in [4.69, 9.17) is 23.2 Å². The molecule has 0 aliphatic rings. The Morgan fingerprint density at radius 1 is 1.00 bits per heavy atom. The first-order valence-electron chi connectivity index (χ1n) is 6.75. The number of hydrogen-bond donors (Lipinski definition) is 0. The van der Waals surface area contributed by atoms with E-state index in [1.807, 2.05) is 35.9 Å². The topological polar surface area (TPSA) is 17.8 Å². The van der Waals surface area contributed by atoms with Crippen LogP contribution in [0.2, 0.25) is 10.0 Å². The highest BCUT2D eigenvalue weighted by atomic mass is 79.9. The van der Waals surface area contributed by atoms with E-state index in [1.54, 1.807) is 6.07 Å². The highest BCUT2D eigenvalue weighted by molar-refractivity contribution is 9.10. The van der Waals surface area contributed by atoms with Gasteiger partial charge in [-0.2, -0.15) is 5.10 Å². The van der Waals surface area contributed by atoms with E-state index in [0.29, 0.717) is 10.0 Å². The van der Waals surface area contributed by atoms with Gasteiger partial charge in [0.25, 0.3) is 0 Å².